The van der Waals surface area contributed by atoms with Crippen molar-refractivity contribution in [3.63, 3.8) is 0 Å². The summed E-state index contributed by atoms with van der Waals surface area (Å²) < 4.78 is 0.751. The molecule has 1 aromatic rings. The summed E-state index contributed by atoms with van der Waals surface area (Å²) >= 11 is 3.30. The highest BCUT2D eigenvalue weighted by Crippen LogP contribution is 2.25. The molecule has 0 unspecified atom stereocenters. The van der Waals surface area contributed by atoms with E-state index in [1.165, 1.54) is 4.90 Å². The van der Waals surface area contributed by atoms with Crippen LogP contribution >= 0.6 is 15.9 Å². The number of piperazine rings is 1. The smallest absolute Gasteiger partial charge is 0.317 e. The zero-order valence-electron chi connectivity index (χ0n) is 14.1. The van der Waals surface area contributed by atoms with Crippen LogP contribution in [0.1, 0.15) is 27.1 Å². The van der Waals surface area contributed by atoms with Gasteiger partial charge in [0.1, 0.15) is 0 Å². The number of nitrogens with one attached hydrogen (secondary N) is 1. The van der Waals surface area contributed by atoms with Crippen LogP contribution in [-0.2, 0) is 4.79 Å². The molecule has 2 aliphatic heterocycles. The Morgan fingerprint density at radius 3 is 2.50 bits per heavy atom. The molecule has 9 heteroatoms. The zero-order valence-corrected chi connectivity index (χ0v) is 15.7. The number of fused-ring (bicyclic) bond motifs is 1. The number of halogens is 1. The Hall–Kier alpha value is -2.42. The van der Waals surface area contributed by atoms with Crippen LogP contribution < -0.4 is 5.32 Å². The van der Waals surface area contributed by atoms with Gasteiger partial charge in [-0.05, 0) is 24.6 Å². The number of amides is 5. The lowest BCUT2D eigenvalue weighted by atomic mass is 10.1. The van der Waals surface area contributed by atoms with Crippen molar-refractivity contribution in [2.45, 2.75) is 6.42 Å². The molecule has 0 aliphatic carbocycles. The van der Waals surface area contributed by atoms with Crippen molar-refractivity contribution in [2.75, 3.05) is 39.3 Å². The Labute approximate surface area is 159 Å². The molecule has 1 N–H and O–H groups in total. The molecule has 0 aromatic heterocycles. The predicted octanol–water partition coefficient (Wildman–Crippen LogP) is 0.919. The molecule has 26 heavy (non-hydrogen) atoms. The average molecular weight is 423 g/mol. The highest BCUT2D eigenvalue weighted by molar-refractivity contribution is 9.10. The summed E-state index contributed by atoms with van der Waals surface area (Å²) in [7, 11) is 0. The van der Waals surface area contributed by atoms with Gasteiger partial charge in [-0.1, -0.05) is 15.9 Å². The minimum atomic E-state index is -0.303. The van der Waals surface area contributed by atoms with Gasteiger partial charge < -0.3 is 15.1 Å². The molecular formula is C17H19BrN4O4. The summed E-state index contributed by atoms with van der Waals surface area (Å²) in [6.07, 6.45) is 1.27. The Kier molecular flexibility index (Phi) is 5.55. The Morgan fingerprint density at radius 2 is 1.81 bits per heavy atom. The zero-order chi connectivity index (χ0) is 18.7. The first-order valence-electron chi connectivity index (χ1n) is 8.39. The van der Waals surface area contributed by atoms with Crippen LogP contribution in [0.4, 0.5) is 4.79 Å². The van der Waals surface area contributed by atoms with Gasteiger partial charge in [0.15, 0.2) is 0 Å². The number of hydrogen-bond acceptors (Lipinski definition) is 4. The van der Waals surface area contributed by atoms with Crippen LogP contribution in [0, 0.1) is 0 Å². The van der Waals surface area contributed by atoms with Crippen molar-refractivity contribution < 1.29 is 19.2 Å². The van der Waals surface area contributed by atoms with E-state index in [0.717, 1.165) is 10.9 Å². The van der Waals surface area contributed by atoms with Gasteiger partial charge in [-0.3, -0.25) is 19.3 Å². The van der Waals surface area contributed by atoms with Gasteiger partial charge in [-0.25, -0.2) is 4.79 Å². The van der Waals surface area contributed by atoms with Crippen LogP contribution in [0.25, 0.3) is 0 Å². The second-order valence-corrected chi connectivity index (χ2v) is 7.08. The Morgan fingerprint density at radius 1 is 1.12 bits per heavy atom. The lowest BCUT2D eigenvalue weighted by molar-refractivity contribution is -0.119. The summed E-state index contributed by atoms with van der Waals surface area (Å²) in [5, 5.41) is 2.79. The van der Waals surface area contributed by atoms with Gasteiger partial charge in [0.25, 0.3) is 11.8 Å². The number of urea groups is 1. The molecule has 8 nitrogen and oxygen atoms in total. The summed E-state index contributed by atoms with van der Waals surface area (Å²) in [6.45, 7) is 2.67. The number of imide groups is 1. The van der Waals surface area contributed by atoms with Gasteiger partial charge in [0.05, 0.1) is 11.1 Å². The van der Waals surface area contributed by atoms with Crippen molar-refractivity contribution in [1.29, 1.82) is 0 Å². The first-order chi connectivity index (χ1) is 12.5. The second kappa shape index (κ2) is 7.86. The standard InChI is InChI=1S/C17H19BrN4O4/c18-12-2-3-13-14(10-12)16(25)22(15(13)24)5-1-4-19-17(26)21-8-6-20(11-23)7-9-21/h2-3,10-11H,1,4-9H2,(H,19,26). The predicted molar refractivity (Wildman–Crippen MR) is 96.7 cm³/mol. The maximum atomic E-state index is 12.3. The minimum absolute atomic E-state index is 0.193. The van der Waals surface area contributed by atoms with E-state index >= 15 is 0 Å². The summed E-state index contributed by atoms with van der Waals surface area (Å²) in [4.78, 5) is 51.9. The van der Waals surface area contributed by atoms with Gasteiger partial charge >= 0.3 is 6.03 Å². The Balaban J connectivity index is 1.44. The van der Waals surface area contributed by atoms with Crippen LogP contribution in [-0.4, -0.2) is 78.2 Å². The van der Waals surface area contributed by atoms with Crippen molar-refractivity contribution in [3.05, 3.63) is 33.8 Å². The van der Waals surface area contributed by atoms with E-state index < -0.39 is 0 Å². The third-order valence-electron chi connectivity index (χ3n) is 4.52. The van der Waals surface area contributed by atoms with E-state index in [-0.39, 0.29) is 24.4 Å². The van der Waals surface area contributed by atoms with E-state index in [2.05, 4.69) is 21.2 Å². The molecule has 0 bridgehead atoms. The molecule has 0 spiro atoms. The lowest BCUT2D eigenvalue weighted by Gasteiger charge is -2.32. The van der Waals surface area contributed by atoms with Gasteiger partial charge in [-0.15, -0.1) is 0 Å². The van der Waals surface area contributed by atoms with Crippen molar-refractivity contribution in [2.24, 2.45) is 0 Å². The van der Waals surface area contributed by atoms with Crippen molar-refractivity contribution >= 4 is 40.2 Å². The molecule has 0 radical (unpaired) electrons. The molecule has 138 valence electrons. The van der Waals surface area contributed by atoms with Gasteiger partial charge in [0.2, 0.25) is 6.41 Å². The van der Waals surface area contributed by atoms with E-state index in [4.69, 9.17) is 0 Å². The van der Waals surface area contributed by atoms with Crippen molar-refractivity contribution in [3.8, 4) is 0 Å². The number of hydrogen-bond donors (Lipinski definition) is 1. The number of rotatable bonds is 5. The SMILES string of the molecule is O=CN1CCN(C(=O)NCCCN2C(=O)c3ccc(Br)cc3C2=O)CC1. The molecule has 0 atom stereocenters. The van der Waals surface area contributed by atoms with E-state index in [1.54, 1.807) is 28.0 Å². The third-order valence-corrected chi connectivity index (χ3v) is 5.01. The maximum Gasteiger partial charge on any atom is 0.317 e. The lowest BCUT2D eigenvalue weighted by Crippen LogP contribution is -2.51. The summed E-state index contributed by atoms with van der Waals surface area (Å²) in [6, 6.07) is 4.83. The molecule has 1 saturated heterocycles. The largest absolute Gasteiger partial charge is 0.342 e. The fraction of sp³-hybridized carbons (Fsp3) is 0.412. The quantitative estimate of drug-likeness (QED) is 0.433. The normalized spacial score (nSPS) is 16.7. The Bertz CT molecular complexity index is 746. The fourth-order valence-electron chi connectivity index (χ4n) is 3.04. The molecule has 0 saturated carbocycles. The van der Waals surface area contributed by atoms with E-state index in [9.17, 15) is 19.2 Å². The highest BCUT2D eigenvalue weighted by atomic mass is 79.9. The summed E-state index contributed by atoms with van der Waals surface area (Å²) in [5.74, 6) is -0.601. The molecule has 2 aliphatic rings. The topological polar surface area (TPSA) is 90.0 Å². The molecule has 5 amide bonds. The van der Waals surface area contributed by atoms with Crippen LogP contribution in [0.15, 0.2) is 22.7 Å². The van der Waals surface area contributed by atoms with Crippen LogP contribution in [0.3, 0.4) is 0 Å². The monoisotopic (exact) mass is 422 g/mol. The molecular weight excluding hydrogens is 404 g/mol. The molecule has 1 aromatic carbocycles. The molecule has 3 rings (SSSR count). The maximum absolute atomic E-state index is 12.3. The number of benzene rings is 1. The number of nitrogens with zero attached hydrogens (tertiary/aromatic N) is 3. The van der Waals surface area contributed by atoms with Crippen LogP contribution in [0.2, 0.25) is 0 Å². The fourth-order valence-corrected chi connectivity index (χ4v) is 3.40. The van der Waals surface area contributed by atoms with Gasteiger partial charge in [0, 0.05) is 43.7 Å². The molecule has 1 fully saturated rings. The third kappa shape index (κ3) is 3.72. The summed E-state index contributed by atoms with van der Waals surface area (Å²) in [5.41, 5.74) is 0.816. The molecule has 2 heterocycles. The van der Waals surface area contributed by atoms with Crippen molar-refractivity contribution in [1.82, 2.24) is 20.0 Å². The first-order valence-corrected chi connectivity index (χ1v) is 9.18. The van der Waals surface area contributed by atoms with E-state index in [0.29, 0.717) is 50.3 Å². The highest BCUT2D eigenvalue weighted by Gasteiger charge is 2.35. The average Bonchev–Trinajstić information content (AvgIpc) is 2.89. The van der Waals surface area contributed by atoms with E-state index in [1.807, 2.05) is 0 Å². The number of carbonyl (C=O) groups is 4. The van der Waals surface area contributed by atoms with Gasteiger partial charge in [-0.2, -0.15) is 0 Å². The minimum Gasteiger partial charge on any atom is -0.342 e. The second-order valence-electron chi connectivity index (χ2n) is 6.17. The number of carbonyl (C=O) groups excluding carboxylic acids is 4. The van der Waals surface area contributed by atoms with Crippen LogP contribution in [0.5, 0.6) is 0 Å². The first kappa shape index (κ1) is 18.4.